The molecule has 0 aliphatic heterocycles. The minimum atomic E-state index is -0.195. The van der Waals surface area contributed by atoms with Crippen molar-refractivity contribution in [3.05, 3.63) is 75.4 Å². The number of halogens is 1. The second-order valence-electron chi connectivity index (χ2n) is 6.84. The summed E-state index contributed by atoms with van der Waals surface area (Å²) in [5.74, 6) is 0.538. The average molecular weight is 454 g/mol. The molecule has 158 valence electrons. The molecule has 0 spiro atoms. The molecule has 2 heterocycles. The lowest BCUT2D eigenvalue weighted by Gasteiger charge is -2.06. The lowest BCUT2D eigenvalue weighted by Crippen LogP contribution is -2.22. The molecule has 0 saturated carbocycles. The summed E-state index contributed by atoms with van der Waals surface area (Å²) in [6, 6.07) is 15.0. The largest absolute Gasteiger partial charge is 0.497 e. The first-order valence-electron chi connectivity index (χ1n) is 9.54. The van der Waals surface area contributed by atoms with Crippen molar-refractivity contribution >= 4 is 28.8 Å². The van der Waals surface area contributed by atoms with Gasteiger partial charge in [-0.15, -0.1) is 16.4 Å². The van der Waals surface area contributed by atoms with Crippen LogP contribution >= 0.6 is 22.9 Å². The number of hydrogen-bond donors (Lipinski definition) is 1. The van der Waals surface area contributed by atoms with Gasteiger partial charge in [0.1, 0.15) is 21.3 Å². The van der Waals surface area contributed by atoms with Crippen molar-refractivity contribution in [3.63, 3.8) is 0 Å². The minimum absolute atomic E-state index is 0.195. The Labute approximate surface area is 188 Å². The first-order chi connectivity index (χ1) is 15.0. The highest BCUT2D eigenvalue weighted by molar-refractivity contribution is 7.17. The molecule has 1 amide bonds. The molecule has 4 aromatic rings. The van der Waals surface area contributed by atoms with Crippen LogP contribution in [0.1, 0.15) is 26.6 Å². The Bertz CT molecular complexity index is 1250. The third kappa shape index (κ3) is 4.30. The summed E-state index contributed by atoms with van der Waals surface area (Å²) in [4.78, 5) is 17.8. The minimum Gasteiger partial charge on any atom is -0.497 e. The fourth-order valence-corrected chi connectivity index (χ4v) is 4.34. The molecule has 31 heavy (non-hydrogen) atoms. The number of nitrogens with one attached hydrogen (secondary N) is 1. The second-order valence-corrected chi connectivity index (χ2v) is 8.25. The first-order valence-corrected chi connectivity index (χ1v) is 10.7. The zero-order valence-corrected chi connectivity index (χ0v) is 18.8. The van der Waals surface area contributed by atoms with E-state index in [1.807, 2.05) is 56.3 Å². The quantitative estimate of drug-likeness (QED) is 0.461. The van der Waals surface area contributed by atoms with Crippen LogP contribution in [0.25, 0.3) is 16.4 Å². The van der Waals surface area contributed by atoms with Crippen LogP contribution < -0.4 is 10.1 Å². The van der Waals surface area contributed by atoms with Gasteiger partial charge < -0.3 is 10.1 Å². The predicted octanol–water partition coefficient (Wildman–Crippen LogP) is 4.60. The maximum absolute atomic E-state index is 12.7. The lowest BCUT2D eigenvalue weighted by molar-refractivity contribution is 0.0954. The highest BCUT2D eigenvalue weighted by Gasteiger charge is 2.21. The Kier molecular flexibility index (Phi) is 6.01. The van der Waals surface area contributed by atoms with Crippen LogP contribution in [0.15, 0.2) is 48.5 Å². The van der Waals surface area contributed by atoms with E-state index in [1.54, 1.807) is 17.9 Å². The number of thiazole rings is 1. The normalized spacial score (nSPS) is 10.8. The van der Waals surface area contributed by atoms with E-state index in [4.69, 9.17) is 16.3 Å². The third-order valence-electron chi connectivity index (χ3n) is 4.80. The average Bonchev–Trinajstić information content (AvgIpc) is 3.35. The van der Waals surface area contributed by atoms with Crippen LogP contribution in [0.4, 0.5) is 0 Å². The summed E-state index contributed by atoms with van der Waals surface area (Å²) < 4.78 is 7.02. The van der Waals surface area contributed by atoms with Gasteiger partial charge >= 0.3 is 0 Å². The van der Waals surface area contributed by atoms with Gasteiger partial charge in [0.25, 0.3) is 5.91 Å². The standard InChI is InChI=1S/C22H20ClN5O2S/c1-13-20(21(29)24-12-15-7-4-5-10-18(15)23)31-22(25-13)19-14(2)28(27-26-19)16-8-6-9-17(11-16)30-3/h4-11H,12H2,1-3H3,(H,24,29). The van der Waals surface area contributed by atoms with Crippen molar-refractivity contribution in [2.75, 3.05) is 7.11 Å². The Morgan fingerprint density at radius 3 is 2.77 bits per heavy atom. The number of aryl methyl sites for hydroxylation is 1. The van der Waals surface area contributed by atoms with E-state index in [0.717, 1.165) is 22.7 Å². The monoisotopic (exact) mass is 453 g/mol. The molecule has 0 fully saturated rings. The van der Waals surface area contributed by atoms with Crippen LogP contribution in [0.5, 0.6) is 5.75 Å². The summed E-state index contributed by atoms with van der Waals surface area (Å²) in [5.41, 5.74) is 3.80. The van der Waals surface area contributed by atoms with E-state index in [0.29, 0.717) is 32.8 Å². The molecule has 0 atom stereocenters. The molecule has 0 aliphatic carbocycles. The Balaban J connectivity index is 1.57. The molecule has 0 bridgehead atoms. The van der Waals surface area contributed by atoms with E-state index < -0.39 is 0 Å². The molecule has 0 radical (unpaired) electrons. The van der Waals surface area contributed by atoms with Crippen molar-refractivity contribution in [1.29, 1.82) is 0 Å². The maximum atomic E-state index is 12.7. The molecule has 7 nitrogen and oxygen atoms in total. The highest BCUT2D eigenvalue weighted by atomic mass is 35.5. The molecular formula is C22H20ClN5O2S. The van der Waals surface area contributed by atoms with E-state index >= 15 is 0 Å². The third-order valence-corrected chi connectivity index (χ3v) is 6.33. The van der Waals surface area contributed by atoms with Crippen LogP contribution in [0.2, 0.25) is 5.02 Å². The first kappa shape index (κ1) is 21.0. The second kappa shape index (κ2) is 8.87. The number of carbonyl (C=O) groups excluding carboxylic acids is 1. The van der Waals surface area contributed by atoms with Crippen LogP contribution in [0.3, 0.4) is 0 Å². The summed E-state index contributed by atoms with van der Waals surface area (Å²) in [6.45, 7) is 4.07. The van der Waals surface area contributed by atoms with Crippen molar-refractivity contribution < 1.29 is 9.53 Å². The number of carbonyl (C=O) groups is 1. The highest BCUT2D eigenvalue weighted by Crippen LogP contribution is 2.30. The van der Waals surface area contributed by atoms with E-state index in [-0.39, 0.29) is 5.91 Å². The number of benzene rings is 2. The molecule has 2 aromatic heterocycles. The van der Waals surface area contributed by atoms with E-state index in [2.05, 4.69) is 20.6 Å². The maximum Gasteiger partial charge on any atom is 0.263 e. The summed E-state index contributed by atoms with van der Waals surface area (Å²) >= 11 is 7.47. The molecule has 0 aliphatic rings. The zero-order chi connectivity index (χ0) is 22.0. The summed E-state index contributed by atoms with van der Waals surface area (Å²) in [6.07, 6.45) is 0. The van der Waals surface area contributed by atoms with Crippen molar-refractivity contribution in [2.45, 2.75) is 20.4 Å². The molecule has 2 aromatic carbocycles. The number of amides is 1. The fraction of sp³-hybridized carbons (Fsp3) is 0.182. The van der Waals surface area contributed by atoms with Gasteiger partial charge in [-0.25, -0.2) is 9.67 Å². The molecule has 1 N–H and O–H groups in total. The van der Waals surface area contributed by atoms with Crippen molar-refractivity contribution in [2.24, 2.45) is 0 Å². The zero-order valence-electron chi connectivity index (χ0n) is 17.2. The molecule has 0 unspecified atom stereocenters. The van der Waals surface area contributed by atoms with Crippen molar-refractivity contribution in [1.82, 2.24) is 25.3 Å². The molecular weight excluding hydrogens is 434 g/mol. The number of nitrogens with zero attached hydrogens (tertiary/aromatic N) is 4. The van der Waals surface area contributed by atoms with Gasteiger partial charge in [-0.1, -0.05) is 41.1 Å². The van der Waals surface area contributed by atoms with Crippen LogP contribution in [-0.4, -0.2) is 33.0 Å². The van der Waals surface area contributed by atoms with Crippen LogP contribution in [0, 0.1) is 13.8 Å². The number of hydrogen-bond acceptors (Lipinski definition) is 6. The summed E-state index contributed by atoms with van der Waals surface area (Å²) in [5, 5.41) is 12.8. The molecule has 9 heteroatoms. The topological polar surface area (TPSA) is 81.9 Å². The van der Waals surface area contributed by atoms with Crippen molar-refractivity contribution in [3.8, 4) is 22.1 Å². The lowest BCUT2D eigenvalue weighted by atomic mass is 10.2. The fourth-order valence-electron chi connectivity index (χ4n) is 3.12. The molecule has 4 rings (SSSR count). The van der Waals surface area contributed by atoms with Gasteiger partial charge in [0.2, 0.25) is 0 Å². The number of aromatic nitrogens is 4. The van der Waals surface area contributed by atoms with Gasteiger partial charge in [0, 0.05) is 17.6 Å². The Hall–Kier alpha value is -3.23. The SMILES string of the molecule is COc1cccc(-n2nnc(-c3nc(C)c(C(=O)NCc4ccccc4Cl)s3)c2C)c1. The molecule has 0 saturated heterocycles. The van der Waals surface area contributed by atoms with E-state index in [9.17, 15) is 4.79 Å². The predicted molar refractivity (Wildman–Crippen MR) is 121 cm³/mol. The Morgan fingerprint density at radius 2 is 2.00 bits per heavy atom. The van der Waals surface area contributed by atoms with E-state index in [1.165, 1.54) is 11.3 Å². The van der Waals surface area contributed by atoms with Gasteiger partial charge in [-0.2, -0.15) is 0 Å². The Morgan fingerprint density at radius 1 is 1.19 bits per heavy atom. The van der Waals surface area contributed by atoms with Gasteiger partial charge in [0.05, 0.1) is 24.2 Å². The summed E-state index contributed by atoms with van der Waals surface area (Å²) in [7, 11) is 1.62. The smallest absolute Gasteiger partial charge is 0.263 e. The number of rotatable bonds is 6. The van der Waals surface area contributed by atoms with Gasteiger partial charge in [-0.3, -0.25) is 4.79 Å². The number of ether oxygens (including phenoxy) is 1. The van der Waals surface area contributed by atoms with Gasteiger partial charge in [-0.05, 0) is 37.6 Å². The van der Waals surface area contributed by atoms with Crippen LogP contribution in [-0.2, 0) is 6.54 Å². The number of methoxy groups -OCH3 is 1. The van der Waals surface area contributed by atoms with Gasteiger partial charge in [0.15, 0.2) is 0 Å².